The number of nitrogen functional groups attached to an aromatic ring is 1. The molecular formula is C13H20N4. The summed E-state index contributed by atoms with van der Waals surface area (Å²) in [5.41, 5.74) is 7.17. The fourth-order valence-corrected chi connectivity index (χ4v) is 2.09. The zero-order valence-corrected chi connectivity index (χ0v) is 10.5. The molecule has 0 aromatic carbocycles. The molecule has 1 aliphatic carbocycles. The van der Waals surface area contributed by atoms with Gasteiger partial charge in [-0.25, -0.2) is 0 Å². The highest BCUT2D eigenvalue weighted by Crippen LogP contribution is 2.35. The second kappa shape index (κ2) is 4.84. The van der Waals surface area contributed by atoms with Crippen molar-refractivity contribution in [3.05, 3.63) is 29.6 Å². The lowest BCUT2D eigenvalue weighted by Crippen LogP contribution is -2.30. The molecule has 3 N–H and O–H groups in total. The van der Waals surface area contributed by atoms with Gasteiger partial charge < -0.3 is 5.73 Å². The fourth-order valence-electron chi connectivity index (χ4n) is 2.09. The number of nitrogens with zero attached hydrogens (tertiary/aromatic N) is 2. The average molecular weight is 232 g/mol. The van der Waals surface area contributed by atoms with Crippen LogP contribution >= 0.6 is 0 Å². The van der Waals surface area contributed by atoms with E-state index in [1.165, 1.54) is 18.4 Å². The molecule has 1 aromatic rings. The van der Waals surface area contributed by atoms with Crippen LogP contribution < -0.4 is 5.73 Å². The van der Waals surface area contributed by atoms with E-state index in [-0.39, 0.29) is 5.84 Å². The molecule has 4 heteroatoms. The summed E-state index contributed by atoms with van der Waals surface area (Å²) in [7, 11) is 2.15. The topological polar surface area (TPSA) is 66.0 Å². The van der Waals surface area contributed by atoms with Gasteiger partial charge in [0.25, 0.3) is 0 Å². The van der Waals surface area contributed by atoms with Crippen LogP contribution in [0.15, 0.2) is 18.3 Å². The monoisotopic (exact) mass is 232 g/mol. The molecule has 17 heavy (non-hydrogen) atoms. The van der Waals surface area contributed by atoms with E-state index in [0.29, 0.717) is 11.7 Å². The smallest absolute Gasteiger partial charge is 0.141 e. The lowest BCUT2D eigenvalue weighted by atomic mass is 10.1. The summed E-state index contributed by atoms with van der Waals surface area (Å²) >= 11 is 0. The third-order valence-corrected chi connectivity index (χ3v) is 3.53. The molecule has 1 atom stereocenters. The van der Waals surface area contributed by atoms with Crippen molar-refractivity contribution in [2.45, 2.75) is 32.4 Å². The van der Waals surface area contributed by atoms with Crippen LogP contribution in [0.25, 0.3) is 0 Å². The largest absolute Gasteiger partial charge is 0.382 e. The van der Waals surface area contributed by atoms with E-state index in [1.807, 2.05) is 12.1 Å². The number of hydrogen-bond acceptors (Lipinski definition) is 3. The molecule has 2 rings (SSSR count). The number of nitrogens with one attached hydrogen (secondary N) is 1. The van der Waals surface area contributed by atoms with E-state index in [0.717, 1.165) is 12.5 Å². The Morgan fingerprint density at radius 1 is 1.65 bits per heavy atom. The van der Waals surface area contributed by atoms with Crippen LogP contribution in [0.5, 0.6) is 0 Å². The Labute approximate surface area is 102 Å². The Morgan fingerprint density at radius 3 is 2.94 bits per heavy atom. The molecular weight excluding hydrogens is 212 g/mol. The second-order valence-corrected chi connectivity index (χ2v) is 4.96. The zero-order chi connectivity index (χ0) is 12.4. The van der Waals surface area contributed by atoms with E-state index < -0.39 is 0 Å². The van der Waals surface area contributed by atoms with Crippen LogP contribution in [0, 0.1) is 11.3 Å². The van der Waals surface area contributed by atoms with Crippen molar-refractivity contribution in [3.8, 4) is 0 Å². The molecule has 1 aromatic heterocycles. The summed E-state index contributed by atoms with van der Waals surface area (Å²) < 4.78 is 0. The van der Waals surface area contributed by atoms with Crippen molar-refractivity contribution in [2.75, 3.05) is 7.05 Å². The van der Waals surface area contributed by atoms with Crippen molar-refractivity contribution in [3.63, 3.8) is 0 Å². The van der Waals surface area contributed by atoms with E-state index in [1.54, 1.807) is 6.20 Å². The summed E-state index contributed by atoms with van der Waals surface area (Å²) in [4.78, 5) is 6.43. The molecule has 1 saturated carbocycles. The predicted molar refractivity (Wildman–Crippen MR) is 68.9 cm³/mol. The Kier molecular flexibility index (Phi) is 3.43. The second-order valence-electron chi connectivity index (χ2n) is 4.96. The summed E-state index contributed by atoms with van der Waals surface area (Å²) in [6, 6.07) is 4.52. The highest BCUT2D eigenvalue weighted by atomic mass is 15.1. The maximum atomic E-state index is 7.38. The molecule has 1 fully saturated rings. The first-order valence-electron chi connectivity index (χ1n) is 6.07. The van der Waals surface area contributed by atoms with Gasteiger partial charge in [-0.1, -0.05) is 0 Å². The van der Waals surface area contributed by atoms with Gasteiger partial charge in [-0.05, 0) is 50.4 Å². The van der Waals surface area contributed by atoms with E-state index in [2.05, 4.69) is 23.9 Å². The summed E-state index contributed by atoms with van der Waals surface area (Å²) in [6.45, 7) is 3.17. The van der Waals surface area contributed by atoms with E-state index in [9.17, 15) is 0 Å². The molecule has 1 aliphatic rings. The number of nitrogens with two attached hydrogens (primary N) is 1. The van der Waals surface area contributed by atoms with Gasteiger partial charge in [0.2, 0.25) is 0 Å². The van der Waals surface area contributed by atoms with Gasteiger partial charge in [0, 0.05) is 18.8 Å². The number of rotatable bonds is 5. The van der Waals surface area contributed by atoms with Crippen LogP contribution in [-0.2, 0) is 6.54 Å². The standard InChI is InChI=1S/C13H20N4/c1-9(11-3-4-11)17(2)8-10-5-6-16-12(7-10)13(14)15/h5-7,9,11H,3-4,8H2,1-2H3,(H3,14,15). The minimum absolute atomic E-state index is 0.0322. The Bertz CT molecular complexity index is 412. The molecule has 0 radical (unpaired) electrons. The minimum Gasteiger partial charge on any atom is -0.382 e. The number of amidine groups is 1. The van der Waals surface area contributed by atoms with Gasteiger partial charge >= 0.3 is 0 Å². The molecule has 0 spiro atoms. The lowest BCUT2D eigenvalue weighted by molar-refractivity contribution is 0.226. The first-order valence-corrected chi connectivity index (χ1v) is 6.07. The maximum absolute atomic E-state index is 7.38. The molecule has 0 aliphatic heterocycles. The van der Waals surface area contributed by atoms with Crippen molar-refractivity contribution < 1.29 is 0 Å². The molecule has 1 heterocycles. The Morgan fingerprint density at radius 2 is 2.35 bits per heavy atom. The normalized spacial score (nSPS) is 17.1. The number of pyridine rings is 1. The number of aromatic nitrogens is 1. The third-order valence-electron chi connectivity index (χ3n) is 3.53. The third kappa shape index (κ3) is 3.03. The Balaban J connectivity index is 2.02. The van der Waals surface area contributed by atoms with Crippen LogP contribution in [0.2, 0.25) is 0 Å². The highest BCUT2D eigenvalue weighted by Gasteiger charge is 2.30. The van der Waals surface area contributed by atoms with E-state index >= 15 is 0 Å². The zero-order valence-electron chi connectivity index (χ0n) is 10.5. The first-order chi connectivity index (χ1) is 8.08. The quantitative estimate of drug-likeness (QED) is 0.598. The summed E-state index contributed by atoms with van der Waals surface area (Å²) in [5.74, 6) is 0.902. The van der Waals surface area contributed by atoms with Gasteiger partial charge in [0.15, 0.2) is 0 Å². The van der Waals surface area contributed by atoms with Gasteiger partial charge in [0.1, 0.15) is 11.5 Å². The van der Waals surface area contributed by atoms with Crippen LogP contribution in [0.1, 0.15) is 31.0 Å². The summed E-state index contributed by atoms with van der Waals surface area (Å²) in [5, 5.41) is 7.38. The fraction of sp³-hybridized carbons (Fsp3) is 0.538. The molecule has 0 bridgehead atoms. The van der Waals surface area contributed by atoms with Crippen LogP contribution in [0.3, 0.4) is 0 Å². The van der Waals surface area contributed by atoms with Crippen molar-refractivity contribution in [1.29, 1.82) is 5.41 Å². The van der Waals surface area contributed by atoms with Gasteiger partial charge in [-0.15, -0.1) is 0 Å². The number of hydrogen-bond donors (Lipinski definition) is 2. The molecule has 4 nitrogen and oxygen atoms in total. The predicted octanol–water partition coefficient (Wildman–Crippen LogP) is 1.60. The highest BCUT2D eigenvalue weighted by molar-refractivity contribution is 5.93. The molecule has 0 saturated heterocycles. The molecule has 1 unspecified atom stereocenters. The molecule has 92 valence electrons. The van der Waals surface area contributed by atoms with Crippen LogP contribution in [-0.4, -0.2) is 28.8 Å². The van der Waals surface area contributed by atoms with Crippen LogP contribution in [0.4, 0.5) is 0 Å². The molecule has 0 amide bonds. The van der Waals surface area contributed by atoms with Crippen molar-refractivity contribution in [1.82, 2.24) is 9.88 Å². The average Bonchev–Trinajstić information content (AvgIpc) is 3.12. The lowest BCUT2D eigenvalue weighted by Gasteiger charge is -2.24. The van der Waals surface area contributed by atoms with Gasteiger partial charge in [-0.3, -0.25) is 15.3 Å². The summed E-state index contributed by atoms with van der Waals surface area (Å²) in [6.07, 6.45) is 4.45. The minimum atomic E-state index is 0.0322. The van der Waals surface area contributed by atoms with E-state index in [4.69, 9.17) is 11.1 Å². The van der Waals surface area contributed by atoms with Gasteiger partial charge in [-0.2, -0.15) is 0 Å². The SMILES string of the molecule is CC(C1CC1)N(C)Cc1ccnc(C(=N)N)c1. The maximum Gasteiger partial charge on any atom is 0.141 e. The Hall–Kier alpha value is -1.42. The van der Waals surface area contributed by atoms with Crippen molar-refractivity contribution >= 4 is 5.84 Å². The first kappa shape index (κ1) is 12.0. The van der Waals surface area contributed by atoms with Crippen molar-refractivity contribution in [2.24, 2.45) is 11.7 Å². The van der Waals surface area contributed by atoms with Gasteiger partial charge in [0.05, 0.1) is 0 Å².